The van der Waals surface area contributed by atoms with Crippen LogP contribution in [0, 0.1) is 0 Å². The highest BCUT2D eigenvalue weighted by molar-refractivity contribution is 6.13. The Kier molecular flexibility index (Phi) is 5.18. The number of hydrogen-bond acceptors (Lipinski definition) is 4. The Bertz CT molecular complexity index is 875. The summed E-state index contributed by atoms with van der Waals surface area (Å²) < 4.78 is 42.0. The number of ketones is 1. The molecule has 27 heavy (non-hydrogen) atoms. The molecule has 1 aliphatic heterocycles. The second-order valence-electron chi connectivity index (χ2n) is 6.19. The number of rotatable bonds is 5. The van der Waals surface area contributed by atoms with E-state index in [1.165, 1.54) is 36.4 Å². The number of amides is 1. The van der Waals surface area contributed by atoms with E-state index in [2.05, 4.69) is 10.1 Å². The van der Waals surface area contributed by atoms with Gasteiger partial charge in [-0.2, -0.15) is 0 Å². The summed E-state index contributed by atoms with van der Waals surface area (Å²) in [5.74, 6) is -2.07. The van der Waals surface area contributed by atoms with E-state index in [0.29, 0.717) is 25.1 Å². The maximum Gasteiger partial charge on any atom is 0.573 e. The molecule has 1 aliphatic rings. The molecular weight excluding hydrogens is 361 g/mol. The molecule has 2 aromatic carbocycles. The van der Waals surface area contributed by atoms with Gasteiger partial charge in [0, 0.05) is 17.7 Å². The van der Waals surface area contributed by atoms with E-state index in [1.54, 1.807) is 0 Å². The Morgan fingerprint density at radius 1 is 1.04 bits per heavy atom. The van der Waals surface area contributed by atoms with Crippen molar-refractivity contribution in [3.63, 3.8) is 0 Å². The Balaban J connectivity index is 2.11. The summed E-state index contributed by atoms with van der Waals surface area (Å²) in [5.41, 5.74) is 6.04. The number of alkyl halides is 3. The number of nitrogens with two attached hydrogens (primary N) is 1. The lowest BCUT2D eigenvalue weighted by atomic mass is 9.85. The highest BCUT2D eigenvalue weighted by Crippen LogP contribution is 2.33. The average Bonchev–Trinajstić information content (AvgIpc) is 3.14. The molecule has 0 radical (unpaired) electrons. The first kappa shape index (κ1) is 18.9. The van der Waals surface area contributed by atoms with Gasteiger partial charge in [0.25, 0.3) is 0 Å². The van der Waals surface area contributed by atoms with Crippen LogP contribution in [0.25, 0.3) is 0 Å². The van der Waals surface area contributed by atoms with Crippen LogP contribution in [0.3, 0.4) is 0 Å². The maximum absolute atomic E-state index is 13.1. The van der Waals surface area contributed by atoms with Gasteiger partial charge in [-0.15, -0.1) is 13.2 Å². The molecule has 142 valence electrons. The first-order chi connectivity index (χ1) is 12.8. The average molecular weight is 378 g/mol. The number of carbonyl (C=O) groups excluding carboxylic acids is 2. The van der Waals surface area contributed by atoms with Gasteiger partial charge in [-0.1, -0.05) is 24.3 Å². The number of primary amides is 1. The monoisotopic (exact) mass is 378 g/mol. The van der Waals surface area contributed by atoms with Gasteiger partial charge >= 0.3 is 6.36 Å². The van der Waals surface area contributed by atoms with E-state index in [9.17, 15) is 22.8 Å². The van der Waals surface area contributed by atoms with Crippen molar-refractivity contribution >= 4 is 11.7 Å². The van der Waals surface area contributed by atoms with Crippen LogP contribution in [-0.4, -0.2) is 31.1 Å². The van der Waals surface area contributed by atoms with Crippen LogP contribution >= 0.6 is 0 Å². The zero-order chi connectivity index (χ0) is 19.6. The van der Waals surface area contributed by atoms with Crippen LogP contribution in [0.1, 0.15) is 44.2 Å². The molecule has 1 unspecified atom stereocenters. The number of carbonyl (C=O) groups is 2. The summed E-state index contributed by atoms with van der Waals surface area (Å²) in [6.45, 7) is 1.25. The highest BCUT2D eigenvalue weighted by Gasteiger charge is 2.34. The lowest BCUT2D eigenvalue weighted by molar-refractivity contribution is -0.274. The van der Waals surface area contributed by atoms with Crippen molar-refractivity contribution in [2.75, 3.05) is 13.1 Å². The van der Waals surface area contributed by atoms with Gasteiger partial charge in [0.2, 0.25) is 5.91 Å². The number of halogens is 3. The number of hydrogen-bond donors (Lipinski definition) is 2. The number of ether oxygens (including phenoxy) is 1. The van der Waals surface area contributed by atoms with Crippen molar-refractivity contribution in [3.05, 3.63) is 64.7 Å². The lowest BCUT2D eigenvalue weighted by Crippen LogP contribution is -2.22. The second-order valence-corrected chi connectivity index (χ2v) is 6.19. The third-order valence-corrected chi connectivity index (χ3v) is 4.44. The fourth-order valence-electron chi connectivity index (χ4n) is 3.33. The second kappa shape index (κ2) is 7.40. The van der Waals surface area contributed by atoms with Crippen molar-refractivity contribution in [1.82, 2.24) is 5.32 Å². The van der Waals surface area contributed by atoms with Crippen molar-refractivity contribution in [3.8, 4) is 5.75 Å². The predicted octanol–water partition coefficient (Wildman–Crippen LogP) is 2.99. The van der Waals surface area contributed by atoms with Crippen LogP contribution in [0.2, 0.25) is 0 Å². The van der Waals surface area contributed by atoms with Gasteiger partial charge in [0.05, 0.1) is 5.56 Å². The van der Waals surface area contributed by atoms with Gasteiger partial charge < -0.3 is 15.8 Å². The fourth-order valence-corrected chi connectivity index (χ4v) is 3.33. The summed E-state index contributed by atoms with van der Waals surface area (Å²) >= 11 is 0. The molecule has 3 rings (SSSR count). The van der Waals surface area contributed by atoms with Crippen LogP contribution in [-0.2, 0) is 0 Å². The third-order valence-electron chi connectivity index (χ3n) is 4.44. The van der Waals surface area contributed by atoms with Gasteiger partial charge in [-0.05, 0) is 42.6 Å². The lowest BCUT2D eigenvalue weighted by Gasteiger charge is -2.19. The molecule has 3 N–H and O–H groups in total. The molecule has 0 aromatic heterocycles. The van der Waals surface area contributed by atoms with Crippen LogP contribution < -0.4 is 15.8 Å². The zero-order valence-corrected chi connectivity index (χ0v) is 14.2. The predicted molar refractivity (Wildman–Crippen MR) is 91.7 cm³/mol. The minimum atomic E-state index is -4.93. The summed E-state index contributed by atoms with van der Waals surface area (Å²) in [6, 6.07) is 9.64. The van der Waals surface area contributed by atoms with Crippen LogP contribution in [0.4, 0.5) is 13.2 Å². The molecule has 0 spiro atoms. The van der Waals surface area contributed by atoms with E-state index in [0.717, 1.165) is 6.07 Å². The Morgan fingerprint density at radius 3 is 2.33 bits per heavy atom. The molecule has 1 atom stereocenters. The number of para-hydroxylation sites is 1. The van der Waals surface area contributed by atoms with Crippen LogP contribution in [0.15, 0.2) is 42.5 Å². The topological polar surface area (TPSA) is 81.4 Å². The Labute approximate surface area is 153 Å². The molecule has 1 fully saturated rings. The van der Waals surface area contributed by atoms with Crippen molar-refractivity contribution in [2.45, 2.75) is 18.7 Å². The van der Waals surface area contributed by atoms with E-state index in [-0.39, 0.29) is 22.6 Å². The summed E-state index contributed by atoms with van der Waals surface area (Å²) in [5, 5.41) is 3.15. The largest absolute Gasteiger partial charge is 0.573 e. The maximum atomic E-state index is 13.1. The quantitative estimate of drug-likeness (QED) is 0.784. The van der Waals surface area contributed by atoms with Crippen molar-refractivity contribution in [1.29, 1.82) is 0 Å². The first-order valence-corrected chi connectivity index (χ1v) is 8.31. The van der Waals surface area contributed by atoms with E-state index >= 15 is 0 Å². The van der Waals surface area contributed by atoms with Crippen molar-refractivity contribution < 1.29 is 27.5 Å². The SMILES string of the molecule is NC(=O)c1cccc(C(=O)c2ccccc2OC(F)(F)F)c1C1CCNC1. The molecule has 0 aliphatic carbocycles. The zero-order valence-electron chi connectivity index (χ0n) is 14.2. The molecule has 5 nitrogen and oxygen atoms in total. The van der Waals surface area contributed by atoms with Crippen LogP contribution in [0.5, 0.6) is 5.75 Å². The Morgan fingerprint density at radius 2 is 1.70 bits per heavy atom. The van der Waals surface area contributed by atoms with Gasteiger partial charge in [0.1, 0.15) is 5.75 Å². The summed E-state index contributed by atoms with van der Waals surface area (Å²) in [4.78, 5) is 24.9. The molecule has 1 heterocycles. The summed E-state index contributed by atoms with van der Waals surface area (Å²) in [6.07, 6.45) is -4.24. The normalized spacial score (nSPS) is 16.9. The molecule has 0 bridgehead atoms. The molecular formula is C19H17F3N2O3. The molecule has 0 saturated carbocycles. The number of nitrogens with one attached hydrogen (secondary N) is 1. The minimum Gasteiger partial charge on any atom is -0.405 e. The van der Waals surface area contributed by atoms with E-state index in [1.807, 2.05) is 0 Å². The van der Waals surface area contributed by atoms with Crippen molar-refractivity contribution in [2.24, 2.45) is 5.73 Å². The molecule has 1 amide bonds. The molecule has 1 saturated heterocycles. The van der Waals surface area contributed by atoms with Gasteiger partial charge in [0.15, 0.2) is 5.78 Å². The molecule has 8 heteroatoms. The highest BCUT2D eigenvalue weighted by atomic mass is 19.4. The smallest absolute Gasteiger partial charge is 0.405 e. The third kappa shape index (κ3) is 4.11. The van der Waals surface area contributed by atoms with Gasteiger partial charge in [-0.3, -0.25) is 9.59 Å². The van der Waals surface area contributed by atoms with E-state index in [4.69, 9.17) is 5.73 Å². The Hall–Kier alpha value is -2.87. The fraction of sp³-hybridized carbons (Fsp3) is 0.263. The molecule has 2 aromatic rings. The summed E-state index contributed by atoms with van der Waals surface area (Å²) in [7, 11) is 0. The minimum absolute atomic E-state index is 0.136. The van der Waals surface area contributed by atoms with Gasteiger partial charge in [-0.25, -0.2) is 0 Å². The van der Waals surface area contributed by atoms with E-state index < -0.39 is 23.8 Å². The first-order valence-electron chi connectivity index (χ1n) is 8.31. The standard InChI is InChI=1S/C19H17F3N2O3/c20-19(21,22)27-15-7-2-1-4-12(15)17(25)13-5-3-6-14(18(23)26)16(13)11-8-9-24-10-11/h1-7,11,24H,8-10H2,(H2,23,26). The number of benzene rings is 2.